The molecule has 1 aromatic heterocycles. The monoisotopic (exact) mass is 437 g/mol. The fourth-order valence-electron chi connectivity index (χ4n) is 4.95. The molecule has 0 radical (unpaired) electrons. The smallest absolute Gasteiger partial charge is 0.0975 e. The summed E-state index contributed by atoms with van der Waals surface area (Å²) in [5, 5.41) is 15.1. The third-order valence-corrected chi connectivity index (χ3v) is 7.12. The minimum absolute atomic E-state index is 0.411. The van der Waals surface area contributed by atoms with Gasteiger partial charge in [-0.1, -0.05) is 97.1 Å². The SMILES string of the molecule is OC1CCN(C(c2ccccc2)(c2ccccc2)c2ccccc2)C/C1=C\c1ccsc1. The zero-order valence-electron chi connectivity index (χ0n) is 18.0. The molecule has 0 aliphatic carbocycles. The van der Waals surface area contributed by atoms with Gasteiger partial charge in [0.05, 0.1) is 11.6 Å². The molecule has 1 N–H and O–H groups in total. The Kier molecular flexibility index (Phi) is 6.04. The highest BCUT2D eigenvalue weighted by atomic mass is 32.1. The van der Waals surface area contributed by atoms with Gasteiger partial charge in [-0.15, -0.1) is 0 Å². The van der Waals surface area contributed by atoms with Crippen LogP contribution in [0.25, 0.3) is 6.08 Å². The van der Waals surface area contributed by atoms with E-state index in [1.54, 1.807) is 11.3 Å². The molecule has 1 saturated heterocycles. The molecule has 5 rings (SSSR count). The summed E-state index contributed by atoms with van der Waals surface area (Å²) in [5.74, 6) is 0. The summed E-state index contributed by atoms with van der Waals surface area (Å²) in [5.41, 5.74) is 5.51. The number of rotatable bonds is 5. The molecule has 160 valence electrons. The first-order valence-corrected chi connectivity index (χ1v) is 12.0. The number of aliphatic hydroxyl groups is 1. The standard InChI is InChI=1S/C29H27NOS/c31-28-16-18-30(21-24(28)20-23-17-19-32-22-23)29(25-10-4-1-5-11-25,26-12-6-2-7-13-26)27-14-8-3-9-15-27/h1-15,17,19-20,22,28,31H,16,18,21H2/b24-20+. The Balaban J connectivity index is 1.71. The molecule has 1 fully saturated rings. The number of thiophene rings is 1. The highest BCUT2D eigenvalue weighted by molar-refractivity contribution is 7.08. The number of benzene rings is 3. The molecule has 4 aromatic rings. The van der Waals surface area contributed by atoms with Crippen LogP contribution < -0.4 is 0 Å². The fraction of sp³-hybridized carbons (Fsp3) is 0.172. The van der Waals surface area contributed by atoms with E-state index in [4.69, 9.17) is 0 Å². The lowest BCUT2D eigenvalue weighted by Gasteiger charge is -2.48. The van der Waals surface area contributed by atoms with Gasteiger partial charge >= 0.3 is 0 Å². The first-order chi connectivity index (χ1) is 15.8. The first-order valence-electron chi connectivity index (χ1n) is 11.1. The molecule has 1 aliphatic rings. The largest absolute Gasteiger partial charge is 0.389 e. The highest BCUT2D eigenvalue weighted by Gasteiger charge is 2.44. The minimum atomic E-state index is -0.447. The second kappa shape index (κ2) is 9.25. The Morgan fingerprint density at radius 1 is 0.781 bits per heavy atom. The van der Waals surface area contributed by atoms with Gasteiger partial charge in [0.15, 0.2) is 0 Å². The molecule has 1 atom stereocenters. The van der Waals surface area contributed by atoms with Crippen molar-refractivity contribution in [3.05, 3.63) is 136 Å². The van der Waals surface area contributed by atoms with E-state index in [9.17, 15) is 5.11 Å². The van der Waals surface area contributed by atoms with Gasteiger partial charge in [0, 0.05) is 13.1 Å². The number of nitrogens with zero attached hydrogens (tertiary/aromatic N) is 1. The van der Waals surface area contributed by atoms with E-state index < -0.39 is 11.6 Å². The van der Waals surface area contributed by atoms with E-state index in [2.05, 4.69) is 119 Å². The number of piperidine rings is 1. The second-order valence-corrected chi connectivity index (χ2v) is 9.09. The molecular weight excluding hydrogens is 410 g/mol. The van der Waals surface area contributed by atoms with Crippen molar-refractivity contribution in [1.29, 1.82) is 0 Å². The molecule has 0 spiro atoms. The summed E-state index contributed by atoms with van der Waals surface area (Å²) >= 11 is 1.69. The number of hydrogen-bond donors (Lipinski definition) is 1. The topological polar surface area (TPSA) is 23.5 Å². The van der Waals surface area contributed by atoms with E-state index >= 15 is 0 Å². The lowest BCUT2D eigenvalue weighted by Crippen LogP contribution is -2.52. The van der Waals surface area contributed by atoms with Gasteiger partial charge < -0.3 is 5.11 Å². The van der Waals surface area contributed by atoms with Gasteiger partial charge in [-0.25, -0.2) is 0 Å². The Bertz CT molecular complexity index is 1060. The molecule has 32 heavy (non-hydrogen) atoms. The molecule has 0 saturated carbocycles. The third-order valence-electron chi connectivity index (χ3n) is 6.42. The zero-order valence-corrected chi connectivity index (χ0v) is 18.8. The summed E-state index contributed by atoms with van der Waals surface area (Å²) in [6.45, 7) is 1.51. The lowest BCUT2D eigenvalue weighted by molar-refractivity contribution is 0.0872. The Morgan fingerprint density at radius 3 is 1.78 bits per heavy atom. The number of likely N-dealkylation sites (tertiary alicyclic amines) is 1. The van der Waals surface area contributed by atoms with Crippen molar-refractivity contribution in [2.24, 2.45) is 0 Å². The molecule has 2 nitrogen and oxygen atoms in total. The highest BCUT2D eigenvalue weighted by Crippen LogP contribution is 2.44. The van der Waals surface area contributed by atoms with Gasteiger partial charge in [0.25, 0.3) is 0 Å². The van der Waals surface area contributed by atoms with Crippen LogP contribution in [0.3, 0.4) is 0 Å². The lowest BCUT2D eigenvalue weighted by atomic mass is 9.74. The summed E-state index contributed by atoms with van der Waals surface area (Å²) < 4.78 is 0. The van der Waals surface area contributed by atoms with Gasteiger partial charge in [-0.3, -0.25) is 4.90 Å². The van der Waals surface area contributed by atoms with Crippen molar-refractivity contribution >= 4 is 17.4 Å². The molecule has 1 aliphatic heterocycles. The molecule has 3 aromatic carbocycles. The van der Waals surface area contributed by atoms with Crippen LogP contribution in [0, 0.1) is 0 Å². The quantitative estimate of drug-likeness (QED) is 0.376. The summed E-state index contributed by atoms with van der Waals surface area (Å²) in [6, 6.07) is 34.4. The fourth-order valence-corrected chi connectivity index (χ4v) is 5.57. The number of aliphatic hydroxyl groups excluding tert-OH is 1. The predicted molar refractivity (Wildman–Crippen MR) is 134 cm³/mol. The van der Waals surface area contributed by atoms with Crippen molar-refractivity contribution in [2.45, 2.75) is 18.1 Å². The van der Waals surface area contributed by atoms with E-state index in [0.717, 1.165) is 17.7 Å². The second-order valence-electron chi connectivity index (χ2n) is 8.31. The van der Waals surface area contributed by atoms with E-state index in [1.807, 2.05) is 0 Å². The maximum atomic E-state index is 10.9. The van der Waals surface area contributed by atoms with Gasteiger partial charge in [0.2, 0.25) is 0 Å². The van der Waals surface area contributed by atoms with Crippen LogP contribution in [0.15, 0.2) is 113 Å². The molecule has 3 heteroatoms. The van der Waals surface area contributed by atoms with Crippen molar-refractivity contribution in [1.82, 2.24) is 4.90 Å². The Morgan fingerprint density at radius 2 is 1.31 bits per heavy atom. The van der Waals surface area contributed by atoms with Crippen molar-refractivity contribution in [2.75, 3.05) is 13.1 Å². The van der Waals surface area contributed by atoms with Crippen LogP contribution in [0.1, 0.15) is 28.7 Å². The summed E-state index contributed by atoms with van der Waals surface area (Å²) in [6.07, 6.45) is 2.47. The molecule has 0 bridgehead atoms. The van der Waals surface area contributed by atoms with Crippen LogP contribution in [-0.4, -0.2) is 29.2 Å². The number of hydrogen-bond acceptors (Lipinski definition) is 3. The van der Waals surface area contributed by atoms with Crippen LogP contribution >= 0.6 is 11.3 Å². The van der Waals surface area contributed by atoms with Crippen LogP contribution in [0.2, 0.25) is 0 Å². The molecular formula is C29H27NOS. The van der Waals surface area contributed by atoms with Crippen LogP contribution in [0.4, 0.5) is 0 Å². The third kappa shape index (κ3) is 3.84. The molecule has 0 amide bonds. The van der Waals surface area contributed by atoms with Crippen molar-refractivity contribution < 1.29 is 5.11 Å². The normalized spacial score (nSPS) is 18.7. The first kappa shape index (κ1) is 20.9. The average molecular weight is 438 g/mol. The molecule has 2 heterocycles. The van der Waals surface area contributed by atoms with Crippen LogP contribution in [0.5, 0.6) is 0 Å². The van der Waals surface area contributed by atoms with Gasteiger partial charge in [-0.05, 0) is 51.1 Å². The molecule has 1 unspecified atom stereocenters. The van der Waals surface area contributed by atoms with Gasteiger partial charge in [-0.2, -0.15) is 11.3 Å². The van der Waals surface area contributed by atoms with E-state index in [-0.39, 0.29) is 0 Å². The maximum absolute atomic E-state index is 10.9. The Labute approximate surface area is 194 Å². The van der Waals surface area contributed by atoms with Crippen molar-refractivity contribution in [3.8, 4) is 0 Å². The van der Waals surface area contributed by atoms with Crippen molar-refractivity contribution in [3.63, 3.8) is 0 Å². The van der Waals surface area contributed by atoms with E-state index in [1.165, 1.54) is 16.7 Å². The summed E-state index contributed by atoms with van der Waals surface area (Å²) in [7, 11) is 0. The van der Waals surface area contributed by atoms with Crippen LogP contribution in [-0.2, 0) is 5.54 Å². The zero-order chi connectivity index (χ0) is 21.8. The predicted octanol–water partition coefficient (Wildman–Crippen LogP) is 6.19. The Hall–Kier alpha value is -2.98. The maximum Gasteiger partial charge on any atom is 0.0975 e. The van der Waals surface area contributed by atoms with E-state index in [0.29, 0.717) is 13.0 Å². The summed E-state index contributed by atoms with van der Waals surface area (Å²) in [4.78, 5) is 2.54. The minimum Gasteiger partial charge on any atom is -0.389 e. The van der Waals surface area contributed by atoms with Gasteiger partial charge in [0.1, 0.15) is 0 Å². The average Bonchev–Trinajstić information content (AvgIpc) is 3.37.